The molecule has 1 aliphatic heterocycles. The highest BCUT2D eigenvalue weighted by molar-refractivity contribution is 6.03. The Balaban J connectivity index is 1.27. The SMILES string of the molecule is C=CC(=O)N1CCC(c2cn(-c3cccc(NC(=O)c4cccc(-c5ccn[nH]5)n4)c3)nn2)CC1. The number of H-pyrrole nitrogens is 1. The summed E-state index contributed by atoms with van der Waals surface area (Å²) in [5.41, 5.74) is 3.96. The van der Waals surface area contributed by atoms with Crippen LogP contribution in [0.2, 0.25) is 0 Å². The average molecular weight is 469 g/mol. The maximum absolute atomic E-state index is 12.8. The normalized spacial score (nSPS) is 14.0. The Bertz CT molecular complexity index is 1350. The molecule has 0 spiro atoms. The lowest BCUT2D eigenvalue weighted by Gasteiger charge is -2.30. The van der Waals surface area contributed by atoms with E-state index in [1.54, 1.807) is 34.0 Å². The zero-order chi connectivity index (χ0) is 24.2. The molecule has 5 rings (SSSR count). The lowest BCUT2D eigenvalue weighted by Crippen LogP contribution is -2.36. The minimum absolute atomic E-state index is 0.0331. The number of piperidine rings is 1. The van der Waals surface area contributed by atoms with Crippen LogP contribution in [0, 0.1) is 0 Å². The number of aromatic nitrogens is 6. The molecule has 176 valence electrons. The number of nitrogens with zero attached hydrogens (tertiary/aromatic N) is 6. The molecule has 35 heavy (non-hydrogen) atoms. The van der Waals surface area contributed by atoms with Crippen molar-refractivity contribution in [2.75, 3.05) is 18.4 Å². The van der Waals surface area contributed by atoms with E-state index in [2.05, 4.69) is 37.4 Å². The van der Waals surface area contributed by atoms with Crippen molar-refractivity contribution in [1.29, 1.82) is 0 Å². The van der Waals surface area contributed by atoms with Gasteiger partial charge in [0.15, 0.2) is 0 Å². The number of anilines is 1. The Hall–Kier alpha value is -4.60. The summed E-state index contributed by atoms with van der Waals surface area (Å²) in [6.07, 6.45) is 6.57. The van der Waals surface area contributed by atoms with Crippen molar-refractivity contribution < 1.29 is 9.59 Å². The van der Waals surface area contributed by atoms with E-state index in [0.717, 1.165) is 29.9 Å². The highest BCUT2D eigenvalue weighted by Crippen LogP contribution is 2.27. The molecule has 0 aliphatic carbocycles. The molecule has 2 N–H and O–H groups in total. The highest BCUT2D eigenvalue weighted by atomic mass is 16.2. The number of carbonyl (C=O) groups excluding carboxylic acids is 2. The molecule has 1 aromatic carbocycles. The summed E-state index contributed by atoms with van der Waals surface area (Å²) in [5.74, 6) is -0.105. The first-order valence-electron chi connectivity index (χ1n) is 11.3. The van der Waals surface area contributed by atoms with Crippen LogP contribution in [0.1, 0.15) is 34.9 Å². The van der Waals surface area contributed by atoms with Gasteiger partial charge in [-0.15, -0.1) is 5.10 Å². The van der Waals surface area contributed by atoms with E-state index in [4.69, 9.17) is 0 Å². The van der Waals surface area contributed by atoms with Crippen LogP contribution in [0.4, 0.5) is 5.69 Å². The van der Waals surface area contributed by atoms with E-state index in [0.29, 0.717) is 30.2 Å². The second-order valence-electron chi connectivity index (χ2n) is 8.27. The summed E-state index contributed by atoms with van der Waals surface area (Å²) < 4.78 is 1.70. The van der Waals surface area contributed by atoms with Gasteiger partial charge in [0.25, 0.3) is 5.91 Å². The fourth-order valence-corrected chi connectivity index (χ4v) is 4.15. The molecule has 1 aliphatic rings. The van der Waals surface area contributed by atoms with Gasteiger partial charge < -0.3 is 10.2 Å². The Kier molecular flexibility index (Phi) is 6.16. The molecule has 3 aromatic heterocycles. The molecule has 0 bridgehead atoms. The first-order valence-corrected chi connectivity index (χ1v) is 11.3. The molecule has 10 nitrogen and oxygen atoms in total. The van der Waals surface area contributed by atoms with Gasteiger partial charge in [-0.1, -0.05) is 23.9 Å². The predicted octanol–water partition coefficient (Wildman–Crippen LogP) is 3.20. The predicted molar refractivity (Wildman–Crippen MR) is 130 cm³/mol. The summed E-state index contributed by atoms with van der Waals surface area (Å²) in [5, 5.41) is 18.3. The van der Waals surface area contributed by atoms with Crippen LogP contribution in [0.3, 0.4) is 0 Å². The topological polar surface area (TPSA) is 122 Å². The van der Waals surface area contributed by atoms with Gasteiger partial charge in [-0.25, -0.2) is 9.67 Å². The first-order chi connectivity index (χ1) is 17.1. The second kappa shape index (κ2) is 9.72. The smallest absolute Gasteiger partial charge is 0.274 e. The van der Waals surface area contributed by atoms with E-state index in [9.17, 15) is 9.59 Å². The van der Waals surface area contributed by atoms with Gasteiger partial charge >= 0.3 is 0 Å². The molecule has 4 aromatic rings. The van der Waals surface area contributed by atoms with Gasteiger partial charge in [-0.2, -0.15) is 5.10 Å². The maximum Gasteiger partial charge on any atom is 0.274 e. The van der Waals surface area contributed by atoms with Gasteiger partial charge in [0.2, 0.25) is 5.91 Å². The molecular formula is C25H24N8O2. The van der Waals surface area contributed by atoms with Crippen molar-refractivity contribution in [3.63, 3.8) is 0 Å². The molecule has 1 fully saturated rings. The number of aromatic amines is 1. The van der Waals surface area contributed by atoms with Crippen LogP contribution in [0.15, 0.2) is 73.6 Å². The number of likely N-dealkylation sites (tertiary alicyclic amines) is 1. The molecule has 2 amide bonds. The Labute approximate surface area is 201 Å². The van der Waals surface area contributed by atoms with Gasteiger partial charge in [0.1, 0.15) is 5.69 Å². The van der Waals surface area contributed by atoms with Gasteiger partial charge in [0, 0.05) is 30.9 Å². The van der Waals surface area contributed by atoms with Crippen LogP contribution in [-0.2, 0) is 4.79 Å². The molecule has 10 heteroatoms. The van der Waals surface area contributed by atoms with Crippen molar-refractivity contribution in [2.24, 2.45) is 0 Å². The van der Waals surface area contributed by atoms with Crippen molar-refractivity contribution in [2.45, 2.75) is 18.8 Å². The number of rotatable bonds is 6. The fraction of sp³-hybridized carbons (Fsp3) is 0.200. The highest BCUT2D eigenvalue weighted by Gasteiger charge is 2.24. The van der Waals surface area contributed by atoms with E-state index < -0.39 is 0 Å². The largest absolute Gasteiger partial charge is 0.339 e. The zero-order valence-corrected chi connectivity index (χ0v) is 19.0. The Morgan fingerprint density at radius 3 is 2.71 bits per heavy atom. The quantitative estimate of drug-likeness (QED) is 0.419. The summed E-state index contributed by atoms with van der Waals surface area (Å²) in [7, 11) is 0. The Morgan fingerprint density at radius 1 is 1.11 bits per heavy atom. The third kappa shape index (κ3) is 4.86. The third-order valence-corrected chi connectivity index (χ3v) is 6.04. The van der Waals surface area contributed by atoms with Crippen molar-refractivity contribution in [3.05, 3.63) is 85.0 Å². The number of amides is 2. The fourth-order valence-electron chi connectivity index (χ4n) is 4.15. The third-order valence-electron chi connectivity index (χ3n) is 6.04. The molecular weight excluding hydrogens is 444 g/mol. The van der Waals surface area contributed by atoms with Crippen LogP contribution in [-0.4, -0.2) is 60.0 Å². The molecule has 0 unspecified atom stereocenters. The minimum Gasteiger partial charge on any atom is -0.339 e. The standard InChI is InChI=1S/C25H24N8O2/c1-2-24(34)32-13-10-17(11-14-32)23-16-33(31-30-23)19-6-3-5-18(15-19)27-25(35)22-8-4-7-20(28-22)21-9-12-26-29-21/h2-9,12,15-17H,1,10-11,13-14H2,(H,26,29)(H,27,35). The summed E-state index contributed by atoms with van der Waals surface area (Å²) >= 11 is 0. The van der Waals surface area contributed by atoms with E-state index in [1.807, 2.05) is 36.5 Å². The summed E-state index contributed by atoms with van der Waals surface area (Å²) in [6.45, 7) is 4.92. The monoisotopic (exact) mass is 468 g/mol. The molecule has 4 heterocycles. The minimum atomic E-state index is -0.316. The van der Waals surface area contributed by atoms with Crippen LogP contribution in [0.5, 0.6) is 0 Å². The Morgan fingerprint density at radius 2 is 1.94 bits per heavy atom. The van der Waals surface area contributed by atoms with Crippen LogP contribution in [0.25, 0.3) is 17.1 Å². The number of pyridine rings is 1. The van der Waals surface area contributed by atoms with E-state index in [1.165, 1.54) is 6.08 Å². The van der Waals surface area contributed by atoms with Crippen molar-refractivity contribution in [1.82, 2.24) is 35.1 Å². The first kappa shape index (κ1) is 22.2. The van der Waals surface area contributed by atoms with Crippen molar-refractivity contribution in [3.8, 4) is 17.1 Å². The number of nitrogens with one attached hydrogen (secondary N) is 2. The van der Waals surface area contributed by atoms with Gasteiger partial charge in [-0.3, -0.25) is 14.7 Å². The molecule has 1 saturated heterocycles. The molecule has 0 atom stereocenters. The van der Waals surface area contributed by atoms with Crippen LogP contribution >= 0.6 is 0 Å². The average Bonchev–Trinajstić information content (AvgIpc) is 3.62. The lowest BCUT2D eigenvalue weighted by molar-refractivity contribution is -0.127. The lowest BCUT2D eigenvalue weighted by atomic mass is 9.94. The maximum atomic E-state index is 12.8. The number of hydrogen-bond acceptors (Lipinski definition) is 6. The van der Waals surface area contributed by atoms with E-state index in [-0.39, 0.29) is 17.7 Å². The van der Waals surface area contributed by atoms with Gasteiger partial charge in [0.05, 0.1) is 29.0 Å². The number of benzene rings is 1. The van der Waals surface area contributed by atoms with Crippen LogP contribution < -0.4 is 5.32 Å². The second-order valence-corrected chi connectivity index (χ2v) is 8.27. The van der Waals surface area contributed by atoms with E-state index >= 15 is 0 Å². The summed E-state index contributed by atoms with van der Waals surface area (Å²) in [4.78, 5) is 30.9. The number of hydrogen-bond donors (Lipinski definition) is 2. The summed E-state index contributed by atoms with van der Waals surface area (Å²) in [6, 6.07) is 14.4. The molecule has 0 saturated carbocycles. The number of carbonyl (C=O) groups is 2. The van der Waals surface area contributed by atoms with Gasteiger partial charge in [-0.05, 0) is 55.3 Å². The van der Waals surface area contributed by atoms with Crippen molar-refractivity contribution >= 4 is 17.5 Å². The zero-order valence-electron chi connectivity index (χ0n) is 19.0. The molecule has 0 radical (unpaired) electrons.